The van der Waals surface area contributed by atoms with Crippen LogP contribution in [-0.4, -0.2) is 35.2 Å². The molecule has 0 aromatic heterocycles. The minimum absolute atomic E-state index is 0.0923. The second-order valence-electron chi connectivity index (χ2n) is 6.72. The average molecular weight is 322 g/mol. The Hall–Kier alpha value is -1.20. The van der Waals surface area contributed by atoms with Gasteiger partial charge < -0.3 is 9.47 Å². The molecule has 22 heavy (non-hydrogen) atoms. The lowest BCUT2D eigenvalue weighted by molar-refractivity contribution is -0.243. The molecule has 2 fully saturated rings. The molecular formula is C17H22O4S. The number of carbonyl (C=O) groups is 1. The van der Waals surface area contributed by atoms with E-state index in [1.165, 1.54) is 0 Å². The van der Waals surface area contributed by atoms with Crippen molar-refractivity contribution in [2.24, 2.45) is 11.3 Å². The highest BCUT2D eigenvalue weighted by Gasteiger charge is 2.60. The van der Waals surface area contributed by atoms with E-state index in [1.54, 1.807) is 30.5 Å². The third-order valence-electron chi connectivity index (χ3n) is 4.88. The molecule has 5 heteroatoms. The predicted octanol–water partition coefficient (Wildman–Crippen LogP) is 2.78. The van der Waals surface area contributed by atoms with Crippen molar-refractivity contribution in [3.63, 3.8) is 0 Å². The number of rotatable bonds is 3. The van der Waals surface area contributed by atoms with Gasteiger partial charge in [-0.25, -0.2) is 4.79 Å². The van der Waals surface area contributed by atoms with Crippen LogP contribution in [0.2, 0.25) is 0 Å². The van der Waals surface area contributed by atoms with Gasteiger partial charge in [0.2, 0.25) is 0 Å². The fraction of sp³-hybridized carbons (Fsp3) is 0.588. The Balaban J connectivity index is 1.70. The van der Waals surface area contributed by atoms with Gasteiger partial charge in [-0.3, -0.25) is 4.21 Å². The molecule has 1 aliphatic carbocycles. The van der Waals surface area contributed by atoms with Crippen LogP contribution >= 0.6 is 0 Å². The summed E-state index contributed by atoms with van der Waals surface area (Å²) >= 11 is 0. The van der Waals surface area contributed by atoms with Gasteiger partial charge in [-0.1, -0.05) is 13.8 Å². The molecule has 4 nitrogen and oxygen atoms in total. The molecule has 0 spiro atoms. The Morgan fingerprint density at radius 3 is 2.64 bits per heavy atom. The molecule has 2 aliphatic rings. The Morgan fingerprint density at radius 2 is 2.00 bits per heavy atom. The van der Waals surface area contributed by atoms with E-state index >= 15 is 0 Å². The van der Waals surface area contributed by atoms with Crippen LogP contribution in [0.15, 0.2) is 29.2 Å². The monoisotopic (exact) mass is 322 g/mol. The lowest BCUT2D eigenvalue weighted by Crippen LogP contribution is -2.65. The zero-order valence-corrected chi connectivity index (χ0v) is 14.0. The van der Waals surface area contributed by atoms with E-state index in [9.17, 15) is 9.00 Å². The summed E-state index contributed by atoms with van der Waals surface area (Å²) in [5.74, 6) is 0.00523. The Bertz CT molecular complexity index is 593. The van der Waals surface area contributed by atoms with Crippen molar-refractivity contribution in [1.82, 2.24) is 0 Å². The number of carbonyl (C=O) groups excluding carboxylic acids is 1. The first kappa shape index (κ1) is 15.7. The molecule has 0 unspecified atom stereocenters. The Kier molecular flexibility index (Phi) is 4.12. The maximum absolute atomic E-state index is 12.4. The molecule has 0 radical (unpaired) electrons. The molecule has 120 valence electrons. The molecule has 1 aromatic carbocycles. The molecule has 3 rings (SSSR count). The Morgan fingerprint density at radius 1 is 1.32 bits per heavy atom. The first-order valence-corrected chi connectivity index (χ1v) is 9.23. The summed E-state index contributed by atoms with van der Waals surface area (Å²) in [5.41, 5.74) is 0.371. The van der Waals surface area contributed by atoms with E-state index in [1.807, 2.05) is 0 Å². The van der Waals surface area contributed by atoms with E-state index in [0.29, 0.717) is 16.4 Å². The number of hydrogen-bond acceptors (Lipinski definition) is 4. The first-order chi connectivity index (χ1) is 10.4. The van der Waals surface area contributed by atoms with Crippen LogP contribution < -0.4 is 0 Å². The molecule has 4 atom stereocenters. The zero-order chi connectivity index (χ0) is 15.9. The van der Waals surface area contributed by atoms with Gasteiger partial charge in [-0.2, -0.15) is 0 Å². The van der Waals surface area contributed by atoms with Gasteiger partial charge in [0.15, 0.2) is 0 Å². The van der Waals surface area contributed by atoms with Crippen LogP contribution in [0.1, 0.15) is 37.0 Å². The Labute approximate surface area is 133 Å². The van der Waals surface area contributed by atoms with Crippen molar-refractivity contribution in [2.45, 2.75) is 43.8 Å². The quantitative estimate of drug-likeness (QED) is 0.803. The van der Waals surface area contributed by atoms with Crippen molar-refractivity contribution in [3.8, 4) is 0 Å². The number of benzene rings is 1. The summed E-state index contributed by atoms with van der Waals surface area (Å²) in [5, 5.41) is 0. The van der Waals surface area contributed by atoms with E-state index < -0.39 is 10.8 Å². The van der Waals surface area contributed by atoms with Gasteiger partial charge in [0.1, 0.15) is 6.10 Å². The van der Waals surface area contributed by atoms with E-state index in [0.717, 1.165) is 19.4 Å². The molecule has 1 aliphatic heterocycles. The van der Waals surface area contributed by atoms with Gasteiger partial charge in [0.05, 0.1) is 11.7 Å². The zero-order valence-electron chi connectivity index (χ0n) is 13.2. The van der Waals surface area contributed by atoms with Crippen LogP contribution in [0.3, 0.4) is 0 Å². The molecule has 1 heterocycles. The maximum Gasteiger partial charge on any atom is 0.338 e. The van der Waals surface area contributed by atoms with Crippen molar-refractivity contribution in [1.29, 1.82) is 0 Å². The fourth-order valence-electron chi connectivity index (χ4n) is 3.68. The second-order valence-corrected chi connectivity index (χ2v) is 8.10. The summed E-state index contributed by atoms with van der Waals surface area (Å²) in [4.78, 5) is 13.1. The minimum atomic E-state index is -1.04. The van der Waals surface area contributed by atoms with Crippen molar-refractivity contribution >= 4 is 16.8 Å². The summed E-state index contributed by atoms with van der Waals surface area (Å²) < 4.78 is 23.0. The first-order valence-electron chi connectivity index (χ1n) is 7.67. The topological polar surface area (TPSA) is 52.6 Å². The molecule has 1 saturated carbocycles. The molecular weight excluding hydrogens is 300 g/mol. The van der Waals surface area contributed by atoms with Crippen molar-refractivity contribution in [3.05, 3.63) is 29.8 Å². The van der Waals surface area contributed by atoms with Crippen LogP contribution in [0.4, 0.5) is 0 Å². The molecule has 0 N–H and O–H groups in total. The van der Waals surface area contributed by atoms with Crippen molar-refractivity contribution < 1.29 is 18.5 Å². The third kappa shape index (κ3) is 2.61. The third-order valence-corrected chi connectivity index (χ3v) is 5.82. The number of ether oxygens (including phenoxy) is 2. The fourth-order valence-corrected chi connectivity index (χ4v) is 4.20. The standard InChI is InChI=1S/C17H22O4S/c1-17(2)14-13(5-4-10-20-14)15(17)21-16(18)11-6-8-12(9-7-11)22(3)19/h6-9,13-15H,4-5,10H2,1-3H3/t13-,14+,15-,22-/m1/s1. The number of esters is 1. The van der Waals surface area contributed by atoms with Crippen molar-refractivity contribution in [2.75, 3.05) is 12.9 Å². The van der Waals surface area contributed by atoms with Crippen LogP contribution in [0.25, 0.3) is 0 Å². The highest BCUT2D eigenvalue weighted by Crippen LogP contribution is 2.53. The number of fused-ring (bicyclic) bond motifs is 1. The lowest BCUT2D eigenvalue weighted by atomic mass is 9.57. The SMILES string of the molecule is C[S@@](=O)c1ccc(C(=O)O[C@@H]2[C@@H]3CCCO[C@@H]3C2(C)C)cc1. The van der Waals surface area contributed by atoms with Gasteiger partial charge in [-0.05, 0) is 37.1 Å². The average Bonchev–Trinajstić information content (AvgIpc) is 2.52. The van der Waals surface area contributed by atoms with E-state index in [4.69, 9.17) is 9.47 Å². The van der Waals surface area contributed by atoms with Crippen LogP contribution in [0, 0.1) is 11.3 Å². The number of hydrogen-bond donors (Lipinski definition) is 0. The second kappa shape index (κ2) is 5.78. The largest absolute Gasteiger partial charge is 0.458 e. The highest BCUT2D eigenvalue weighted by atomic mass is 32.2. The maximum atomic E-state index is 12.4. The highest BCUT2D eigenvalue weighted by molar-refractivity contribution is 7.84. The summed E-state index contributed by atoms with van der Waals surface area (Å²) in [7, 11) is -1.04. The van der Waals surface area contributed by atoms with E-state index in [2.05, 4.69) is 13.8 Å². The molecule has 0 bridgehead atoms. The predicted molar refractivity (Wildman–Crippen MR) is 84.2 cm³/mol. The molecule has 1 saturated heterocycles. The van der Waals surface area contributed by atoms with Crippen LogP contribution in [0.5, 0.6) is 0 Å². The summed E-state index contributed by atoms with van der Waals surface area (Å²) in [6.45, 7) is 5.00. The van der Waals surface area contributed by atoms with Gasteiger partial charge in [0, 0.05) is 39.9 Å². The summed E-state index contributed by atoms with van der Waals surface area (Å²) in [6, 6.07) is 6.79. The van der Waals surface area contributed by atoms with Gasteiger partial charge in [0.25, 0.3) is 0 Å². The van der Waals surface area contributed by atoms with E-state index in [-0.39, 0.29) is 23.6 Å². The smallest absolute Gasteiger partial charge is 0.338 e. The normalized spacial score (nSPS) is 30.8. The van der Waals surface area contributed by atoms with Crippen LogP contribution in [-0.2, 0) is 20.3 Å². The molecule has 1 aromatic rings. The summed E-state index contributed by atoms with van der Waals surface area (Å²) in [6.07, 6.45) is 3.81. The van der Waals surface area contributed by atoms with Gasteiger partial charge >= 0.3 is 5.97 Å². The minimum Gasteiger partial charge on any atom is -0.458 e. The van der Waals surface area contributed by atoms with Gasteiger partial charge in [-0.15, -0.1) is 0 Å². The lowest BCUT2D eigenvalue weighted by Gasteiger charge is -2.58. The molecule has 0 amide bonds.